The van der Waals surface area contributed by atoms with Gasteiger partial charge in [-0.2, -0.15) is 0 Å². The normalized spacial score (nSPS) is 50.8. The Balaban J connectivity index is 1.30. The number of ketones is 1. The van der Waals surface area contributed by atoms with E-state index in [9.17, 15) is 19.5 Å². The second-order valence-corrected chi connectivity index (χ2v) is 13.3. The SMILES string of the molecule is C/C=C/C[C@]1(C)C[C@@H](OC(=O)NC(=O)[C@H]2CN3CC[C@@H]2C3)[C@]23C[C@@H]2CCC2(CCC(=O)C23)[C@@H](C)[C@@H]1O. The topological polar surface area (TPSA) is 95.9 Å². The number of alkyl carbamates (subject to hydrolysis) is 1. The van der Waals surface area contributed by atoms with Gasteiger partial charge in [0.05, 0.1) is 12.0 Å². The number of nitrogens with one attached hydrogen (secondary N) is 1. The minimum Gasteiger partial charge on any atom is -0.445 e. The molecule has 4 aliphatic carbocycles. The Labute approximate surface area is 214 Å². The van der Waals surface area contributed by atoms with Crippen molar-refractivity contribution in [3.63, 3.8) is 0 Å². The quantitative estimate of drug-likeness (QED) is 0.574. The molecule has 0 aromatic carbocycles. The van der Waals surface area contributed by atoms with Crippen LogP contribution in [0.3, 0.4) is 0 Å². The first-order valence-electron chi connectivity index (χ1n) is 14.2. The molecule has 36 heavy (non-hydrogen) atoms. The van der Waals surface area contributed by atoms with Gasteiger partial charge in [-0.15, -0.1) is 0 Å². The number of aliphatic hydroxyl groups is 1. The molecule has 11 atom stereocenters. The zero-order valence-corrected chi connectivity index (χ0v) is 22.0. The van der Waals surface area contributed by atoms with E-state index in [1.165, 1.54) is 0 Å². The van der Waals surface area contributed by atoms with Crippen LogP contribution in [0.2, 0.25) is 0 Å². The van der Waals surface area contributed by atoms with E-state index < -0.39 is 23.7 Å². The smallest absolute Gasteiger partial charge is 0.414 e. The first-order valence-corrected chi connectivity index (χ1v) is 14.2. The van der Waals surface area contributed by atoms with Gasteiger partial charge in [0.15, 0.2) is 0 Å². The largest absolute Gasteiger partial charge is 0.445 e. The Morgan fingerprint density at radius 3 is 2.72 bits per heavy atom. The number of rotatable bonds is 4. The monoisotopic (exact) mass is 498 g/mol. The Morgan fingerprint density at radius 1 is 1.22 bits per heavy atom. The average molecular weight is 499 g/mol. The summed E-state index contributed by atoms with van der Waals surface area (Å²) >= 11 is 0. The summed E-state index contributed by atoms with van der Waals surface area (Å²) in [7, 11) is 0. The summed E-state index contributed by atoms with van der Waals surface area (Å²) in [5.41, 5.74) is -1.07. The molecule has 2 saturated heterocycles. The van der Waals surface area contributed by atoms with Crippen LogP contribution in [-0.2, 0) is 14.3 Å². The highest BCUT2D eigenvalue weighted by molar-refractivity contribution is 5.93. The van der Waals surface area contributed by atoms with Gasteiger partial charge in [0.1, 0.15) is 11.9 Å². The summed E-state index contributed by atoms with van der Waals surface area (Å²) in [6, 6.07) is 0. The molecule has 2 heterocycles. The van der Waals surface area contributed by atoms with Crippen LogP contribution in [0.1, 0.15) is 72.1 Å². The number of ether oxygens (including phenoxy) is 1. The maximum Gasteiger partial charge on any atom is 0.414 e. The third kappa shape index (κ3) is 3.40. The number of amides is 2. The zero-order valence-electron chi connectivity index (χ0n) is 22.0. The molecule has 0 radical (unpaired) electrons. The highest BCUT2D eigenvalue weighted by Gasteiger charge is 2.77. The number of allylic oxidation sites excluding steroid dienone is 2. The number of imide groups is 1. The zero-order chi connectivity index (χ0) is 25.5. The first kappa shape index (κ1) is 24.6. The Morgan fingerprint density at radius 2 is 2.03 bits per heavy atom. The molecule has 6 aliphatic rings. The molecule has 0 aromatic rings. The molecule has 2 N–H and O–H groups in total. The maximum atomic E-state index is 13.4. The van der Waals surface area contributed by atoms with Gasteiger partial charge in [0.25, 0.3) is 0 Å². The summed E-state index contributed by atoms with van der Waals surface area (Å²) in [6.07, 6.45) is 8.78. The third-order valence-corrected chi connectivity index (χ3v) is 11.7. The van der Waals surface area contributed by atoms with Gasteiger partial charge in [0.2, 0.25) is 5.91 Å². The number of carbonyl (C=O) groups excluding carboxylic acids is 3. The van der Waals surface area contributed by atoms with E-state index in [0.717, 1.165) is 45.2 Å². The second kappa shape index (κ2) is 8.39. The van der Waals surface area contributed by atoms with Gasteiger partial charge >= 0.3 is 6.09 Å². The number of hydrogen-bond donors (Lipinski definition) is 2. The standard InChI is InChI=1S/C29H42N2O5/c1-4-5-9-27(3)14-22(36-26(35)30-25(34)20-16-31-12-8-18(20)15-31)29-13-19(29)6-10-28(17(2)24(27)33)11-7-21(32)23(28)29/h4-5,17-20,22-24,33H,6-16H2,1-3H3,(H,30,34,35)/b5-4+/t17-,18+,19-,20-,22+,23?,24-,27+,28?,29-/m0/s1. The molecule has 0 aromatic heterocycles. The molecular formula is C29H42N2O5. The first-order chi connectivity index (χ1) is 17.1. The molecule has 7 heteroatoms. The molecule has 3 unspecified atom stereocenters. The van der Waals surface area contributed by atoms with Crippen LogP contribution in [0.4, 0.5) is 4.79 Å². The van der Waals surface area contributed by atoms with Crippen molar-refractivity contribution in [3.05, 3.63) is 12.2 Å². The number of hydrogen-bond acceptors (Lipinski definition) is 6. The number of carbonyl (C=O) groups is 3. The Kier molecular flexibility index (Phi) is 5.73. The molecule has 198 valence electrons. The van der Waals surface area contributed by atoms with Gasteiger partial charge in [0, 0.05) is 36.3 Å². The van der Waals surface area contributed by atoms with Crippen molar-refractivity contribution in [2.24, 2.45) is 45.8 Å². The number of Topliss-reactive ketones (excluding diaryl/α,β-unsaturated/α-hetero) is 1. The van der Waals surface area contributed by atoms with Crippen LogP contribution in [0.25, 0.3) is 0 Å². The van der Waals surface area contributed by atoms with E-state index in [4.69, 9.17) is 4.74 Å². The van der Waals surface area contributed by atoms with Gasteiger partial charge in [-0.3, -0.25) is 14.9 Å². The van der Waals surface area contributed by atoms with Crippen LogP contribution in [0, 0.1) is 45.8 Å². The lowest BCUT2D eigenvalue weighted by Gasteiger charge is -2.56. The molecule has 2 amide bonds. The summed E-state index contributed by atoms with van der Waals surface area (Å²) in [6.45, 7) is 8.92. The highest BCUT2D eigenvalue weighted by atomic mass is 16.6. The predicted molar refractivity (Wildman–Crippen MR) is 134 cm³/mol. The van der Waals surface area contributed by atoms with E-state index in [0.29, 0.717) is 37.6 Å². The van der Waals surface area contributed by atoms with Gasteiger partial charge in [-0.25, -0.2) is 4.79 Å². The van der Waals surface area contributed by atoms with Crippen LogP contribution >= 0.6 is 0 Å². The molecular weight excluding hydrogens is 456 g/mol. The highest BCUT2D eigenvalue weighted by Crippen LogP contribution is 2.77. The van der Waals surface area contributed by atoms with Crippen LogP contribution in [0.15, 0.2) is 12.2 Å². The molecule has 4 bridgehead atoms. The average Bonchev–Trinajstić information content (AvgIpc) is 3.13. The van der Waals surface area contributed by atoms with E-state index in [1.807, 2.05) is 13.0 Å². The van der Waals surface area contributed by atoms with Crippen molar-refractivity contribution in [1.82, 2.24) is 10.2 Å². The number of fused-ring (bicyclic) bond motifs is 2. The Bertz CT molecular complexity index is 996. The molecule has 2 aliphatic heterocycles. The minimum absolute atomic E-state index is 0.00627. The van der Waals surface area contributed by atoms with Crippen LogP contribution < -0.4 is 5.32 Å². The number of aliphatic hydroxyl groups excluding tert-OH is 1. The summed E-state index contributed by atoms with van der Waals surface area (Å²) in [5, 5.41) is 14.4. The Hall–Kier alpha value is -1.73. The second-order valence-electron chi connectivity index (χ2n) is 13.3. The van der Waals surface area contributed by atoms with E-state index >= 15 is 0 Å². The van der Waals surface area contributed by atoms with Crippen molar-refractivity contribution in [2.45, 2.75) is 84.3 Å². The van der Waals surface area contributed by atoms with Crippen LogP contribution in [0.5, 0.6) is 0 Å². The summed E-state index contributed by atoms with van der Waals surface area (Å²) in [5.74, 6) is 0.437. The fourth-order valence-corrected chi connectivity index (χ4v) is 9.73. The summed E-state index contributed by atoms with van der Waals surface area (Å²) < 4.78 is 6.21. The van der Waals surface area contributed by atoms with Crippen molar-refractivity contribution in [2.75, 3.05) is 19.6 Å². The molecule has 6 rings (SSSR count). The number of nitrogens with zero attached hydrogens (tertiary/aromatic N) is 1. The fraction of sp³-hybridized carbons (Fsp3) is 0.828. The van der Waals surface area contributed by atoms with Crippen molar-refractivity contribution in [1.29, 1.82) is 0 Å². The third-order valence-electron chi connectivity index (χ3n) is 11.7. The van der Waals surface area contributed by atoms with Gasteiger partial charge in [-0.1, -0.05) is 26.0 Å². The number of piperidine rings is 1. The van der Waals surface area contributed by atoms with Crippen LogP contribution in [-0.4, -0.2) is 59.6 Å². The van der Waals surface area contributed by atoms with Crippen molar-refractivity contribution < 1.29 is 24.2 Å². The van der Waals surface area contributed by atoms with E-state index in [1.54, 1.807) is 0 Å². The predicted octanol–water partition coefficient (Wildman–Crippen LogP) is 3.70. The molecule has 6 fully saturated rings. The summed E-state index contributed by atoms with van der Waals surface area (Å²) in [4.78, 5) is 41.9. The molecule has 4 saturated carbocycles. The van der Waals surface area contributed by atoms with Crippen molar-refractivity contribution in [3.8, 4) is 0 Å². The fourth-order valence-electron chi connectivity index (χ4n) is 9.73. The molecule has 7 nitrogen and oxygen atoms in total. The van der Waals surface area contributed by atoms with Gasteiger partial charge < -0.3 is 14.7 Å². The lowest BCUT2D eigenvalue weighted by atomic mass is 9.50. The van der Waals surface area contributed by atoms with E-state index in [2.05, 4.69) is 30.1 Å². The van der Waals surface area contributed by atoms with E-state index in [-0.39, 0.29) is 40.3 Å². The minimum atomic E-state index is -0.680. The van der Waals surface area contributed by atoms with Crippen molar-refractivity contribution >= 4 is 17.8 Å². The molecule has 1 spiro atoms. The maximum absolute atomic E-state index is 13.4. The lowest BCUT2D eigenvalue weighted by Crippen LogP contribution is -2.58. The van der Waals surface area contributed by atoms with Gasteiger partial charge in [-0.05, 0) is 81.6 Å². The lowest BCUT2D eigenvalue weighted by molar-refractivity contribution is -0.163.